The van der Waals surface area contributed by atoms with Gasteiger partial charge in [0.15, 0.2) is 0 Å². The van der Waals surface area contributed by atoms with Gasteiger partial charge in [0.1, 0.15) is 11.8 Å². The van der Waals surface area contributed by atoms with Crippen molar-refractivity contribution in [3.05, 3.63) is 179 Å². The molecule has 0 radical (unpaired) electrons. The number of ether oxygens (including phenoxy) is 1. The van der Waals surface area contributed by atoms with Gasteiger partial charge >= 0.3 is 0 Å². The van der Waals surface area contributed by atoms with Crippen LogP contribution in [0.5, 0.6) is 0 Å². The van der Waals surface area contributed by atoms with E-state index in [4.69, 9.17) is 9.73 Å². The molecule has 1 heterocycles. The van der Waals surface area contributed by atoms with Crippen LogP contribution in [0.15, 0.2) is 162 Å². The van der Waals surface area contributed by atoms with E-state index in [1.165, 1.54) is 27.6 Å². The molecule has 3 heteroatoms. The Bertz CT molecular complexity index is 2030. The number of nitrogens with zero attached hydrogens (tertiary/aromatic N) is 2. The van der Waals surface area contributed by atoms with Gasteiger partial charge in [0.05, 0.1) is 0 Å². The minimum atomic E-state index is 0.0353. The average Bonchev–Trinajstić information content (AvgIpc) is 3.56. The molecule has 1 aliphatic heterocycles. The maximum absolute atomic E-state index is 6.40. The number of fused-ring (bicyclic) bond motifs is 2. The van der Waals surface area contributed by atoms with Crippen molar-refractivity contribution in [2.24, 2.45) is 4.99 Å². The van der Waals surface area contributed by atoms with E-state index >= 15 is 0 Å². The first-order chi connectivity index (χ1) is 21.8. The molecule has 0 spiro atoms. The van der Waals surface area contributed by atoms with Gasteiger partial charge in [0.2, 0.25) is 5.90 Å². The molecule has 0 saturated carbocycles. The largest absolute Gasteiger partial charge is 0.440 e. The van der Waals surface area contributed by atoms with Crippen LogP contribution < -0.4 is 15.3 Å². The standard InChI is InChI=1S/C41H32N2O/c1-4-11-29(12-5-1)30-19-23-34(24-20-30)43(33-15-8-3-9-16-33)35-25-21-31(22-26-35)36-17-10-18-38-37(36)27-28-39-40(38)44-41(42-39)32-13-6-2-7-14-32/h1-19,21-27,30,39H,20,28H2. The summed E-state index contributed by atoms with van der Waals surface area (Å²) in [4.78, 5) is 7.27. The van der Waals surface area contributed by atoms with Crippen molar-refractivity contribution < 1.29 is 4.74 Å². The quantitative estimate of drug-likeness (QED) is 0.206. The Labute approximate surface area is 258 Å². The molecule has 0 N–H and O–H groups in total. The Morgan fingerprint density at radius 2 is 1.32 bits per heavy atom. The summed E-state index contributed by atoms with van der Waals surface area (Å²) < 4.78 is 6.40. The molecule has 0 bridgehead atoms. The van der Waals surface area contributed by atoms with Gasteiger partial charge in [0, 0.05) is 33.8 Å². The average molecular weight is 569 g/mol. The Morgan fingerprint density at radius 3 is 2.05 bits per heavy atom. The first-order valence-corrected chi connectivity index (χ1v) is 15.4. The third kappa shape index (κ3) is 4.87. The second kappa shape index (κ2) is 11.3. The van der Waals surface area contributed by atoms with Crippen molar-refractivity contribution in [2.75, 3.05) is 4.90 Å². The summed E-state index contributed by atoms with van der Waals surface area (Å²) in [6.07, 6.45) is 11.1. The molecule has 3 aliphatic rings. The number of rotatable bonds is 6. The fourth-order valence-corrected chi connectivity index (χ4v) is 6.52. The second-order valence-corrected chi connectivity index (χ2v) is 11.4. The summed E-state index contributed by atoms with van der Waals surface area (Å²) in [6.45, 7) is 0. The van der Waals surface area contributed by atoms with Gasteiger partial charge in [-0.15, -0.1) is 0 Å². The van der Waals surface area contributed by atoms with E-state index in [9.17, 15) is 0 Å². The molecule has 5 aromatic carbocycles. The highest BCUT2D eigenvalue weighted by molar-refractivity contribution is 5.99. The second-order valence-electron chi connectivity index (χ2n) is 11.4. The number of hydrogen-bond donors (Lipinski definition) is 0. The zero-order valence-corrected chi connectivity index (χ0v) is 24.4. The lowest BCUT2D eigenvalue weighted by molar-refractivity contribution is 0.501. The summed E-state index contributed by atoms with van der Waals surface area (Å²) in [7, 11) is 0. The van der Waals surface area contributed by atoms with Crippen molar-refractivity contribution in [1.29, 1.82) is 0 Å². The first-order valence-electron chi connectivity index (χ1n) is 15.4. The molecule has 44 heavy (non-hydrogen) atoms. The molecule has 5 aromatic rings. The van der Waals surface area contributed by atoms with Crippen LogP contribution in [0.25, 0.3) is 23.0 Å². The van der Waals surface area contributed by atoms with Crippen LogP contribution in [-0.4, -0.2) is 11.9 Å². The van der Waals surface area contributed by atoms with Crippen molar-refractivity contribution in [2.45, 2.75) is 24.8 Å². The number of anilines is 2. The van der Waals surface area contributed by atoms with E-state index < -0.39 is 0 Å². The zero-order chi connectivity index (χ0) is 29.3. The Hall–Kier alpha value is -5.41. The van der Waals surface area contributed by atoms with Crippen LogP contribution in [0, 0.1) is 0 Å². The fourth-order valence-electron chi connectivity index (χ4n) is 6.52. The van der Waals surface area contributed by atoms with Gasteiger partial charge in [-0.2, -0.15) is 0 Å². The summed E-state index contributed by atoms with van der Waals surface area (Å²) in [5.41, 5.74) is 8.25. The highest BCUT2D eigenvalue weighted by Gasteiger charge is 2.28. The van der Waals surface area contributed by atoms with E-state index in [0.717, 1.165) is 40.8 Å². The maximum Gasteiger partial charge on any atom is 0.222 e. The van der Waals surface area contributed by atoms with E-state index in [1.807, 2.05) is 18.2 Å². The Balaban J connectivity index is 1.12. The normalized spacial score (nSPS) is 18.3. The predicted octanol–water partition coefficient (Wildman–Crippen LogP) is 8.26. The van der Waals surface area contributed by atoms with Gasteiger partial charge in [-0.25, -0.2) is 4.99 Å². The van der Waals surface area contributed by atoms with E-state index in [1.54, 1.807) is 0 Å². The van der Waals surface area contributed by atoms with Crippen LogP contribution in [-0.2, 0) is 4.74 Å². The molecular formula is C41H32N2O. The van der Waals surface area contributed by atoms with E-state index in [0.29, 0.717) is 11.8 Å². The van der Waals surface area contributed by atoms with E-state index in [2.05, 4.69) is 144 Å². The molecule has 3 nitrogen and oxygen atoms in total. The number of hydrogen-bond acceptors (Lipinski definition) is 3. The molecule has 2 unspecified atom stereocenters. The van der Waals surface area contributed by atoms with Crippen molar-refractivity contribution in [3.8, 4) is 11.1 Å². The number of aliphatic imine (C=N–C) groups is 1. The molecule has 0 aromatic heterocycles. The van der Waals surface area contributed by atoms with Crippen molar-refractivity contribution >= 4 is 29.1 Å². The van der Waals surface area contributed by atoms with Crippen molar-refractivity contribution in [1.82, 2.24) is 0 Å². The van der Waals surface area contributed by atoms with E-state index in [-0.39, 0.29) is 6.04 Å². The lowest BCUT2D eigenvalue weighted by Crippen LogP contribution is -2.35. The Morgan fingerprint density at radius 1 is 0.614 bits per heavy atom. The summed E-state index contributed by atoms with van der Waals surface area (Å²) in [6, 6.07) is 47.1. The topological polar surface area (TPSA) is 24.8 Å². The van der Waals surface area contributed by atoms with Gasteiger partial charge in [-0.05, 0) is 77.2 Å². The molecule has 0 amide bonds. The molecule has 0 saturated heterocycles. The summed E-state index contributed by atoms with van der Waals surface area (Å²) >= 11 is 0. The lowest BCUT2D eigenvalue weighted by Gasteiger charge is -2.29. The SMILES string of the molecule is C1=CC(c2ccccc2)CC=C1N(c1ccccc1)c1ccc(-c2cccc3c2=CCC2N=C(c4ccccc4)OC=32)cc1. The molecule has 212 valence electrons. The van der Waals surface area contributed by atoms with Gasteiger partial charge in [-0.1, -0.05) is 115 Å². The van der Waals surface area contributed by atoms with Crippen LogP contribution in [0.1, 0.15) is 29.9 Å². The molecule has 2 atom stereocenters. The third-order valence-electron chi connectivity index (χ3n) is 8.74. The highest BCUT2D eigenvalue weighted by atomic mass is 16.5. The first kappa shape index (κ1) is 26.2. The van der Waals surface area contributed by atoms with Crippen LogP contribution in [0.4, 0.5) is 11.4 Å². The number of allylic oxidation sites excluding steroid dienone is 3. The van der Waals surface area contributed by atoms with Gasteiger partial charge in [0.25, 0.3) is 0 Å². The Kier molecular flexibility index (Phi) is 6.77. The zero-order valence-electron chi connectivity index (χ0n) is 24.4. The third-order valence-corrected chi connectivity index (χ3v) is 8.74. The van der Waals surface area contributed by atoms with Crippen molar-refractivity contribution in [3.63, 3.8) is 0 Å². The summed E-state index contributed by atoms with van der Waals surface area (Å²) in [5.74, 6) is 2.07. The van der Waals surface area contributed by atoms with Crippen LogP contribution in [0.2, 0.25) is 0 Å². The smallest absolute Gasteiger partial charge is 0.222 e. The highest BCUT2D eigenvalue weighted by Crippen LogP contribution is 2.36. The lowest BCUT2D eigenvalue weighted by atomic mass is 9.91. The summed E-state index contributed by atoms with van der Waals surface area (Å²) in [5, 5.41) is 2.36. The van der Waals surface area contributed by atoms with Crippen LogP contribution >= 0.6 is 0 Å². The number of benzene rings is 5. The van der Waals surface area contributed by atoms with Gasteiger partial charge in [-0.3, -0.25) is 0 Å². The number of para-hydroxylation sites is 1. The van der Waals surface area contributed by atoms with Crippen LogP contribution in [0.3, 0.4) is 0 Å². The molecular weight excluding hydrogens is 536 g/mol. The molecule has 8 rings (SSSR count). The minimum absolute atomic E-state index is 0.0353. The molecule has 2 aliphatic carbocycles. The monoisotopic (exact) mass is 568 g/mol. The molecule has 0 fully saturated rings. The minimum Gasteiger partial charge on any atom is -0.440 e. The predicted molar refractivity (Wildman–Crippen MR) is 181 cm³/mol. The fraction of sp³-hybridized carbons (Fsp3) is 0.0976. The maximum atomic E-state index is 6.40. The van der Waals surface area contributed by atoms with Gasteiger partial charge < -0.3 is 9.64 Å².